The monoisotopic (exact) mass is 237 g/mol. The molecule has 1 atom stereocenters. The highest BCUT2D eigenvalue weighted by Crippen LogP contribution is 2.28. The molecule has 0 aliphatic heterocycles. The lowest BCUT2D eigenvalue weighted by Gasteiger charge is -1.99. The van der Waals surface area contributed by atoms with Crippen LogP contribution in [-0.4, -0.2) is 10.2 Å². The van der Waals surface area contributed by atoms with Crippen LogP contribution < -0.4 is 5.73 Å². The van der Waals surface area contributed by atoms with Crippen molar-refractivity contribution < 1.29 is 4.42 Å². The molecule has 2 aromatic rings. The van der Waals surface area contributed by atoms with Gasteiger partial charge in [-0.05, 0) is 25.0 Å². The van der Waals surface area contributed by atoms with Gasteiger partial charge in [0.15, 0.2) is 0 Å². The molecule has 2 aromatic heterocycles. The SMILES string of the molecule is CCc1ccc(-c2nnc(C(N)CC)o2)s1. The molecular weight excluding hydrogens is 222 g/mol. The van der Waals surface area contributed by atoms with E-state index in [1.54, 1.807) is 11.3 Å². The molecule has 2 N–H and O–H groups in total. The van der Waals surface area contributed by atoms with Crippen LogP contribution in [0.2, 0.25) is 0 Å². The highest BCUT2D eigenvalue weighted by atomic mass is 32.1. The second kappa shape index (κ2) is 4.76. The van der Waals surface area contributed by atoms with Gasteiger partial charge in [-0.3, -0.25) is 0 Å². The van der Waals surface area contributed by atoms with Gasteiger partial charge in [0.1, 0.15) is 0 Å². The van der Waals surface area contributed by atoms with Gasteiger partial charge in [0.05, 0.1) is 10.9 Å². The second-order valence-electron chi connectivity index (χ2n) is 3.58. The summed E-state index contributed by atoms with van der Waals surface area (Å²) in [6, 6.07) is 3.94. The van der Waals surface area contributed by atoms with Crippen molar-refractivity contribution >= 4 is 11.3 Å². The van der Waals surface area contributed by atoms with Crippen LogP contribution in [-0.2, 0) is 6.42 Å². The van der Waals surface area contributed by atoms with Crippen LogP contribution in [0.3, 0.4) is 0 Å². The van der Waals surface area contributed by atoms with Crippen LogP contribution in [0.25, 0.3) is 10.8 Å². The summed E-state index contributed by atoms with van der Waals surface area (Å²) in [4.78, 5) is 2.33. The van der Waals surface area contributed by atoms with Crippen LogP contribution in [0.4, 0.5) is 0 Å². The Hall–Kier alpha value is -1.20. The number of hydrogen-bond donors (Lipinski definition) is 1. The Morgan fingerprint density at radius 2 is 2.19 bits per heavy atom. The lowest BCUT2D eigenvalue weighted by molar-refractivity contribution is 0.453. The van der Waals surface area contributed by atoms with Crippen LogP contribution in [0.15, 0.2) is 16.5 Å². The number of rotatable bonds is 4. The van der Waals surface area contributed by atoms with Crippen molar-refractivity contribution in [2.24, 2.45) is 5.73 Å². The van der Waals surface area contributed by atoms with Gasteiger partial charge >= 0.3 is 0 Å². The molecule has 86 valence electrons. The fraction of sp³-hybridized carbons (Fsp3) is 0.455. The normalized spacial score (nSPS) is 12.9. The molecule has 0 aliphatic rings. The third kappa shape index (κ3) is 2.15. The quantitative estimate of drug-likeness (QED) is 0.888. The summed E-state index contributed by atoms with van der Waals surface area (Å²) < 4.78 is 5.54. The van der Waals surface area contributed by atoms with Crippen LogP contribution in [0.5, 0.6) is 0 Å². The first-order chi connectivity index (χ1) is 7.74. The van der Waals surface area contributed by atoms with E-state index in [-0.39, 0.29) is 6.04 Å². The third-order valence-corrected chi connectivity index (χ3v) is 3.64. The molecule has 0 saturated carbocycles. The topological polar surface area (TPSA) is 64.9 Å². The minimum Gasteiger partial charge on any atom is -0.418 e. The first-order valence-electron chi connectivity index (χ1n) is 5.42. The fourth-order valence-corrected chi connectivity index (χ4v) is 2.21. The van der Waals surface area contributed by atoms with E-state index in [2.05, 4.69) is 23.2 Å². The number of aromatic nitrogens is 2. The Kier molecular flexibility index (Phi) is 3.36. The molecule has 0 radical (unpaired) electrons. The van der Waals surface area contributed by atoms with Gasteiger partial charge in [-0.2, -0.15) is 0 Å². The minimum absolute atomic E-state index is 0.160. The van der Waals surface area contributed by atoms with Crippen molar-refractivity contribution in [2.75, 3.05) is 0 Å². The molecule has 0 aromatic carbocycles. The minimum atomic E-state index is -0.160. The molecule has 1 unspecified atom stereocenters. The number of aryl methyl sites for hydroxylation is 1. The molecule has 0 bridgehead atoms. The number of nitrogens with zero attached hydrogens (tertiary/aromatic N) is 2. The summed E-state index contributed by atoms with van der Waals surface area (Å²) in [5, 5.41) is 7.98. The van der Waals surface area contributed by atoms with Gasteiger partial charge < -0.3 is 10.2 Å². The Balaban J connectivity index is 2.24. The van der Waals surface area contributed by atoms with E-state index in [1.807, 2.05) is 13.0 Å². The molecule has 0 spiro atoms. The smallest absolute Gasteiger partial charge is 0.257 e. The van der Waals surface area contributed by atoms with Crippen LogP contribution in [0.1, 0.15) is 37.1 Å². The average Bonchev–Trinajstić information content (AvgIpc) is 2.95. The van der Waals surface area contributed by atoms with Crippen molar-refractivity contribution in [3.63, 3.8) is 0 Å². The zero-order valence-corrected chi connectivity index (χ0v) is 10.3. The van der Waals surface area contributed by atoms with E-state index in [4.69, 9.17) is 10.2 Å². The second-order valence-corrected chi connectivity index (χ2v) is 4.75. The van der Waals surface area contributed by atoms with E-state index in [0.29, 0.717) is 11.8 Å². The highest BCUT2D eigenvalue weighted by molar-refractivity contribution is 7.15. The maximum absolute atomic E-state index is 5.82. The summed E-state index contributed by atoms with van der Waals surface area (Å²) in [5.74, 6) is 1.09. The van der Waals surface area contributed by atoms with Crippen molar-refractivity contribution in [3.8, 4) is 10.8 Å². The molecule has 0 amide bonds. The maximum Gasteiger partial charge on any atom is 0.257 e. The largest absolute Gasteiger partial charge is 0.418 e. The van der Waals surface area contributed by atoms with E-state index in [0.717, 1.165) is 17.7 Å². The third-order valence-electron chi connectivity index (χ3n) is 2.42. The van der Waals surface area contributed by atoms with E-state index >= 15 is 0 Å². The standard InChI is InChI=1S/C11H15N3OS/c1-3-7-5-6-9(16-7)11-14-13-10(15-11)8(12)4-2/h5-6,8H,3-4,12H2,1-2H3. The van der Waals surface area contributed by atoms with E-state index in [1.165, 1.54) is 4.88 Å². The van der Waals surface area contributed by atoms with Gasteiger partial charge in [-0.25, -0.2) is 0 Å². The van der Waals surface area contributed by atoms with Crippen molar-refractivity contribution in [2.45, 2.75) is 32.7 Å². The molecule has 2 heterocycles. The zero-order valence-electron chi connectivity index (χ0n) is 9.43. The van der Waals surface area contributed by atoms with Crippen LogP contribution in [0, 0.1) is 0 Å². The van der Waals surface area contributed by atoms with Gasteiger partial charge in [-0.15, -0.1) is 21.5 Å². The summed E-state index contributed by atoms with van der Waals surface area (Å²) in [6.07, 6.45) is 1.83. The highest BCUT2D eigenvalue weighted by Gasteiger charge is 2.14. The van der Waals surface area contributed by atoms with Gasteiger partial charge in [0, 0.05) is 4.88 Å². The van der Waals surface area contributed by atoms with E-state index in [9.17, 15) is 0 Å². The van der Waals surface area contributed by atoms with Crippen LogP contribution >= 0.6 is 11.3 Å². The molecule has 0 saturated heterocycles. The van der Waals surface area contributed by atoms with Gasteiger partial charge in [0.25, 0.3) is 5.89 Å². The molecule has 5 heteroatoms. The number of hydrogen-bond acceptors (Lipinski definition) is 5. The van der Waals surface area contributed by atoms with E-state index < -0.39 is 0 Å². The van der Waals surface area contributed by atoms with Crippen molar-refractivity contribution in [1.29, 1.82) is 0 Å². The molecule has 16 heavy (non-hydrogen) atoms. The first-order valence-corrected chi connectivity index (χ1v) is 6.24. The summed E-state index contributed by atoms with van der Waals surface area (Å²) >= 11 is 1.68. The molecular formula is C11H15N3OS. The van der Waals surface area contributed by atoms with Gasteiger partial charge in [0.2, 0.25) is 5.89 Å². The lowest BCUT2D eigenvalue weighted by Crippen LogP contribution is -2.08. The Morgan fingerprint density at radius 3 is 2.81 bits per heavy atom. The average molecular weight is 237 g/mol. The van der Waals surface area contributed by atoms with Crippen molar-refractivity contribution in [1.82, 2.24) is 10.2 Å². The number of thiophene rings is 1. The lowest BCUT2D eigenvalue weighted by atomic mass is 10.2. The Morgan fingerprint density at radius 1 is 1.38 bits per heavy atom. The predicted octanol–water partition coefficient (Wildman–Crippen LogP) is 2.77. The maximum atomic E-state index is 5.82. The first kappa shape index (κ1) is 11.3. The molecule has 2 rings (SSSR count). The Bertz CT molecular complexity index is 463. The Labute approximate surface area is 98.5 Å². The summed E-state index contributed by atoms with van der Waals surface area (Å²) in [5.41, 5.74) is 5.82. The van der Waals surface area contributed by atoms with Gasteiger partial charge in [-0.1, -0.05) is 13.8 Å². The fourth-order valence-electron chi connectivity index (χ4n) is 1.34. The predicted molar refractivity (Wildman–Crippen MR) is 64.2 cm³/mol. The van der Waals surface area contributed by atoms with Crippen molar-refractivity contribution in [3.05, 3.63) is 22.9 Å². The number of nitrogens with two attached hydrogens (primary N) is 1. The summed E-state index contributed by atoms with van der Waals surface area (Å²) in [7, 11) is 0. The molecule has 4 nitrogen and oxygen atoms in total. The molecule has 0 fully saturated rings. The molecule has 0 aliphatic carbocycles. The summed E-state index contributed by atoms with van der Waals surface area (Å²) in [6.45, 7) is 4.12. The zero-order chi connectivity index (χ0) is 11.5.